The maximum Gasteiger partial charge on any atom is 0.338 e. The first-order valence-corrected chi connectivity index (χ1v) is 7.01. The third-order valence-corrected chi connectivity index (χ3v) is 3.92. The van der Waals surface area contributed by atoms with E-state index in [2.05, 4.69) is 17.3 Å². The second-order valence-corrected chi connectivity index (χ2v) is 5.46. The first kappa shape index (κ1) is 14.8. The molecule has 110 valence electrons. The molecule has 0 aromatic heterocycles. The Bertz CT molecular complexity index is 471. The van der Waals surface area contributed by atoms with Crippen molar-refractivity contribution in [3.63, 3.8) is 0 Å². The third-order valence-electron chi connectivity index (χ3n) is 3.92. The van der Waals surface area contributed by atoms with Crippen molar-refractivity contribution in [2.45, 2.75) is 19.3 Å². The molecule has 1 aliphatic heterocycles. The molecule has 0 unspecified atom stereocenters. The van der Waals surface area contributed by atoms with Gasteiger partial charge in [-0.15, -0.1) is 0 Å². The van der Waals surface area contributed by atoms with Crippen molar-refractivity contribution in [3.05, 3.63) is 29.6 Å². The molecule has 2 N–H and O–H groups in total. The number of benzene rings is 1. The quantitative estimate of drug-likeness (QED) is 0.870. The van der Waals surface area contributed by atoms with Crippen LogP contribution in [0.4, 0.5) is 10.1 Å². The molecule has 1 aliphatic rings. The van der Waals surface area contributed by atoms with E-state index < -0.39 is 11.8 Å². The van der Waals surface area contributed by atoms with Gasteiger partial charge in [0.2, 0.25) is 0 Å². The van der Waals surface area contributed by atoms with Crippen LogP contribution in [0.2, 0.25) is 0 Å². The number of piperidine rings is 1. The second kappa shape index (κ2) is 6.70. The summed E-state index contributed by atoms with van der Waals surface area (Å²) in [7, 11) is 2.14. The van der Waals surface area contributed by atoms with Crippen LogP contribution < -0.4 is 5.32 Å². The highest BCUT2D eigenvalue weighted by Crippen LogP contribution is 2.20. The van der Waals surface area contributed by atoms with Gasteiger partial charge in [-0.05, 0) is 63.5 Å². The second-order valence-electron chi connectivity index (χ2n) is 5.46. The van der Waals surface area contributed by atoms with Gasteiger partial charge in [0.1, 0.15) is 5.82 Å². The van der Waals surface area contributed by atoms with E-state index in [1.165, 1.54) is 25.0 Å². The molecule has 1 heterocycles. The van der Waals surface area contributed by atoms with Gasteiger partial charge in [-0.3, -0.25) is 0 Å². The summed E-state index contributed by atoms with van der Waals surface area (Å²) in [5.41, 5.74) is 0.353. The number of carboxylic acid groups (broad SMARTS) is 1. The molecule has 5 heteroatoms. The van der Waals surface area contributed by atoms with E-state index >= 15 is 0 Å². The number of aromatic carboxylic acids is 1. The number of nitrogens with one attached hydrogen (secondary N) is 1. The van der Waals surface area contributed by atoms with E-state index in [0.717, 1.165) is 32.0 Å². The van der Waals surface area contributed by atoms with Gasteiger partial charge in [0, 0.05) is 12.2 Å². The maximum atomic E-state index is 13.5. The Kier molecular flexibility index (Phi) is 4.95. The van der Waals surface area contributed by atoms with Crippen molar-refractivity contribution in [1.29, 1.82) is 0 Å². The van der Waals surface area contributed by atoms with Crippen LogP contribution in [-0.2, 0) is 0 Å². The number of hydrogen-bond acceptors (Lipinski definition) is 3. The van der Waals surface area contributed by atoms with E-state index in [4.69, 9.17) is 5.11 Å². The summed E-state index contributed by atoms with van der Waals surface area (Å²) in [6, 6.07) is 4.16. The molecule has 20 heavy (non-hydrogen) atoms. The van der Waals surface area contributed by atoms with Crippen LogP contribution in [-0.4, -0.2) is 42.7 Å². The number of halogens is 1. The molecule has 4 nitrogen and oxygen atoms in total. The topological polar surface area (TPSA) is 52.6 Å². The zero-order valence-corrected chi connectivity index (χ0v) is 11.7. The van der Waals surface area contributed by atoms with Crippen LogP contribution in [0.3, 0.4) is 0 Å². The van der Waals surface area contributed by atoms with Gasteiger partial charge in [0.05, 0.1) is 5.56 Å². The largest absolute Gasteiger partial charge is 0.478 e. The SMILES string of the molecule is CN1CCC(CCNc2ccc(C(=O)O)c(F)c2)CC1. The minimum absolute atomic E-state index is 0.286. The van der Waals surface area contributed by atoms with Gasteiger partial charge >= 0.3 is 5.97 Å². The van der Waals surface area contributed by atoms with E-state index in [9.17, 15) is 9.18 Å². The summed E-state index contributed by atoms with van der Waals surface area (Å²) < 4.78 is 13.5. The number of carboxylic acids is 1. The zero-order chi connectivity index (χ0) is 14.5. The predicted molar refractivity (Wildman–Crippen MR) is 76.7 cm³/mol. The highest BCUT2D eigenvalue weighted by atomic mass is 19.1. The lowest BCUT2D eigenvalue weighted by molar-refractivity contribution is 0.0692. The van der Waals surface area contributed by atoms with Gasteiger partial charge < -0.3 is 15.3 Å². The molecule has 0 spiro atoms. The van der Waals surface area contributed by atoms with Crippen molar-refractivity contribution in [1.82, 2.24) is 4.90 Å². The van der Waals surface area contributed by atoms with E-state index in [0.29, 0.717) is 5.69 Å². The molecule has 0 amide bonds. The molecule has 0 bridgehead atoms. The Morgan fingerprint density at radius 1 is 1.45 bits per heavy atom. The van der Waals surface area contributed by atoms with E-state index in [-0.39, 0.29) is 5.56 Å². The number of rotatable bonds is 5. The van der Waals surface area contributed by atoms with Crippen LogP contribution in [0.1, 0.15) is 29.6 Å². The molecule has 0 saturated carbocycles. The van der Waals surface area contributed by atoms with Crippen molar-refractivity contribution < 1.29 is 14.3 Å². The summed E-state index contributed by atoms with van der Waals surface area (Å²) in [5, 5.41) is 11.9. The van der Waals surface area contributed by atoms with Crippen LogP contribution >= 0.6 is 0 Å². The highest BCUT2D eigenvalue weighted by Gasteiger charge is 2.16. The molecule has 1 fully saturated rings. The highest BCUT2D eigenvalue weighted by molar-refractivity contribution is 5.88. The molecular formula is C15H21FN2O2. The lowest BCUT2D eigenvalue weighted by Crippen LogP contribution is -2.30. The summed E-state index contributed by atoms with van der Waals surface area (Å²) in [5.74, 6) is -1.20. The average molecular weight is 280 g/mol. The van der Waals surface area contributed by atoms with Crippen LogP contribution in [0.15, 0.2) is 18.2 Å². The lowest BCUT2D eigenvalue weighted by Gasteiger charge is -2.29. The fourth-order valence-corrected chi connectivity index (χ4v) is 2.57. The number of anilines is 1. The molecule has 1 saturated heterocycles. The fourth-order valence-electron chi connectivity index (χ4n) is 2.57. The predicted octanol–water partition coefficient (Wildman–Crippen LogP) is 2.67. The van der Waals surface area contributed by atoms with Gasteiger partial charge in [-0.25, -0.2) is 9.18 Å². The summed E-state index contributed by atoms with van der Waals surface area (Å²) >= 11 is 0. The summed E-state index contributed by atoms with van der Waals surface area (Å²) in [6.45, 7) is 3.08. The van der Waals surface area contributed by atoms with Crippen molar-refractivity contribution in [3.8, 4) is 0 Å². The summed E-state index contributed by atoms with van der Waals surface area (Å²) in [4.78, 5) is 13.1. The normalized spacial score (nSPS) is 17.1. The van der Waals surface area contributed by atoms with Crippen LogP contribution in [0, 0.1) is 11.7 Å². The monoisotopic (exact) mass is 280 g/mol. The first-order chi connectivity index (χ1) is 9.56. The Morgan fingerprint density at radius 2 is 2.15 bits per heavy atom. The first-order valence-electron chi connectivity index (χ1n) is 7.01. The van der Waals surface area contributed by atoms with Crippen molar-refractivity contribution >= 4 is 11.7 Å². The average Bonchev–Trinajstić information content (AvgIpc) is 2.41. The maximum absolute atomic E-state index is 13.5. The minimum Gasteiger partial charge on any atom is -0.478 e. The van der Waals surface area contributed by atoms with Crippen molar-refractivity contribution in [2.24, 2.45) is 5.92 Å². The number of hydrogen-bond donors (Lipinski definition) is 2. The van der Waals surface area contributed by atoms with Gasteiger partial charge in [0.15, 0.2) is 0 Å². The standard InChI is InChI=1S/C15H21FN2O2/c1-18-8-5-11(6-9-18)4-7-17-12-2-3-13(15(19)20)14(16)10-12/h2-3,10-11,17H,4-9H2,1H3,(H,19,20). The summed E-state index contributed by atoms with van der Waals surface area (Å²) in [6.07, 6.45) is 3.49. The van der Waals surface area contributed by atoms with Gasteiger partial charge in [-0.1, -0.05) is 0 Å². The Hall–Kier alpha value is -1.62. The Morgan fingerprint density at radius 3 is 2.75 bits per heavy atom. The minimum atomic E-state index is -1.24. The van der Waals surface area contributed by atoms with Crippen LogP contribution in [0.5, 0.6) is 0 Å². The molecule has 1 aromatic carbocycles. The van der Waals surface area contributed by atoms with Crippen LogP contribution in [0.25, 0.3) is 0 Å². The number of likely N-dealkylation sites (tertiary alicyclic amines) is 1. The van der Waals surface area contributed by atoms with Crippen molar-refractivity contribution in [2.75, 3.05) is 32.0 Å². The van der Waals surface area contributed by atoms with Gasteiger partial charge in [-0.2, -0.15) is 0 Å². The van der Waals surface area contributed by atoms with E-state index in [1.54, 1.807) is 6.07 Å². The molecule has 2 rings (SSSR count). The zero-order valence-electron chi connectivity index (χ0n) is 11.7. The van der Waals surface area contributed by atoms with E-state index in [1.807, 2.05) is 0 Å². The third kappa shape index (κ3) is 3.93. The number of nitrogens with zero attached hydrogens (tertiary/aromatic N) is 1. The Balaban J connectivity index is 1.79. The molecule has 0 atom stereocenters. The molecule has 0 radical (unpaired) electrons. The van der Waals surface area contributed by atoms with Gasteiger partial charge in [0.25, 0.3) is 0 Å². The molecule has 1 aromatic rings. The fraction of sp³-hybridized carbons (Fsp3) is 0.533. The molecule has 0 aliphatic carbocycles. The number of carbonyl (C=O) groups is 1. The smallest absolute Gasteiger partial charge is 0.338 e. The lowest BCUT2D eigenvalue weighted by atomic mass is 9.94. The molecular weight excluding hydrogens is 259 g/mol. The Labute approximate surface area is 118 Å².